The topological polar surface area (TPSA) is 18.7 Å². The Balaban J connectivity index is 1.33. The third-order valence-electron chi connectivity index (χ3n) is 13.3. The van der Waals surface area contributed by atoms with E-state index in [-0.39, 0.29) is 0 Å². The molecule has 0 unspecified atom stereocenters. The monoisotopic (exact) mass is 694 g/mol. The first kappa shape index (κ1) is 29.2. The van der Waals surface area contributed by atoms with Crippen LogP contribution in [0.15, 0.2) is 109 Å². The molecule has 6 aromatic heterocycles. The van der Waals surface area contributed by atoms with Crippen molar-refractivity contribution in [2.45, 2.75) is 39.5 Å². The van der Waals surface area contributed by atoms with Crippen molar-refractivity contribution in [1.82, 2.24) is 17.9 Å². The van der Waals surface area contributed by atoms with E-state index in [2.05, 4.69) is 169 Å². The summed E-state index contributed by atoms with van der Waals surface area (Å²) in [4.78, 5) is 0. The summed E-state index contributed by atoms with van der Waals surface area (Å²) in [6.07, 6.45) is 0. The van der Waals surface area contributed by atoms with Crippen molar-refractivity contribution in [3.8, 4) is 0 Å². The van der Waals surface area contributed by atoms with E-state index in [9.17, 15) is 0 Å². The van der Waals surface area contributed by atoms with Crippen LogP contribution in [-0.4, -0.2) is 17.9 Å². The van der Waals surface area contributed by atoms with Gasteiger partial charge in [-0.2, -0.15) is 0 Å². The molecular formula is C50H38N4. The van der Waals surface area contributed by atoms with Crippen LogP contribution in [0.2, 0.25) is 0 Å². The molecule has 0 aliphatic heterocycles. The molecule has 0 bridgehead atoms. The number of para-hydroxylation sites is 4. The molecule has 258 valence electrons. The largest absolute Gasteiger partial charge is 0.344 e. The predicted molar refractivity (Wildman–Crippen MR) is 232 cm³/mol. The van der Waals surface area contributed by atoms with Crippen LogP contribution in [0, 0.1) is 0 Å². The van der Waals surface area contributed by atoms with Crippen LogP contribution in [0.3, 0.4) is 0 Å². The number of fused-ring (bicyclic) bond motifs is 20. The second-order valence-corrected chi connectivity index (χ2v) is 16.5. The molecule has 0 saturated heterocycles. The van der Waals surface area contributed by atoms with Gasteiger partial charge in [-0.3, -0.25) is 0 Å². The lowest BCUT2D eigenvalue weighted by Crippen LogP contribution is -2.00. The molecule has 0 atom stereocenters. The van der Waals surface area contributed by atoms with Gasteiger partial charge in [-0.15, -0.1) is 0 Å². The highest BCUT2D eigenvalue weighted by atomic mass is 15.0. The zero-order valence-electron chi connectivity index (χ0n) is 31.3. The maximum absolute atomic E-state index is 2.67. The van der Waals surface area contributed by atoms with Gasteiger partial charge in [0.1, 0.15) is 0 Å². The molecule has 0 aliphatic carbocycles. The zero-order valence-corrected chi connectivity index (χ0v) is 31.3. The van der Waals surface area contributed by atoms with E-state index in [1.165, 1.54) is 131 Å². The molecule has 13 rings (SSSR count). The Hall–Kier alpha value is -6.26. The molecular weight excluding hydrogens is 657 g/mol. The normalized spacial score (nSPS) is 13.3. The van der Waals surface area contributed by atoms with Crippen molar-refractivity contribution in [3.05, 3.63) is 120 Å². The lowest BCUT2D eigenvalue weighted by Gasteiger charge is -2.19. The highest BCUT2D eigenvalue weighted by molar-refractivity contribution is 6.37. The van der Waals surface area contributed by atoms with Crippen LogP contribution < -0.4 is 0 Å². The number of aromatic nitrogens is 4. The molecule has 4 heteroatoms. The summed E-state index contributed by atoms with van der Waals surface area (Å²) in [5.74, 6) is 0.598. The molecule has 7 aromatic carbocycles. The fourth-order valence-corrected chi connectivity index (χ4v) is 11.4. The van der Waals surface area contributed by atoms with E-state index in [0.29, 0.717) is 11.8 Å². The van der Waals surface area contributed by atoms with Crippen molar-refractivity contribution < 1.29 is 0 Å². The highest BCUT2D eigenvalue weighted by Crippen LogP contribution is 2.53. The van der Waals surface area contributed by atoms with Gasteiger partial charge in [-0.05, 0) is 59.4 Å². The Bertz CT molecular complexity index is 3550. The van der Waals surface area contributed by atoms with Crippen LogP contribution in [0.5, 0.6) is 0 Å². The molecule has 0 N–H and O–H groups in total. The van der Waals surface area contributed by atoms with Gasteiger partial charge in [0.05, 0.1) is 33.1 Å². The lowest BCUT2D eigenvalue weighted by molar-refractivity contribution is 0.869. The molecule has 6 heterocycles. The Kier molecular flexibility index (Phi) is 5.11. The molecule has 0 radical (unpaired) electrons. The summed E-state index contributed by atoms with van der Waals surface area (Å²) in [6, 6.07) is 41.5. The Morgan fingerprint density at radius 1 is 0.315 bits per heavy atom. The van der Waals surface area contributed by atoms with Crippen LogP contribution in [0.4, 0.5) is 0 Å². The van der Waals surface area contributed by atoms with Gasteiger partial charge in [-0.1, -0.05) is 100 Å². The van der Waals surface area contributed by atoms with Crippen LogP contribution in [-0.2, 0) is 14.1 Å². The van der Waals surface area contributed by atoms with Crippen molar-refractivity contribution in [3.63, 3.8) is 0 Å². The van der Waals surface area contributed by atoms with Crippen LogP contribution >= 0.6 is 0 Å². The molecule has 0 spiro atoms. The minimum absolute atomic E-state index is 0.299. The van der Waals surface area contributed by atoms with Crippen molar-refractivity contribution >= 4 is 120 Å². The first-order valence-electron chi connectivity index (χ1n) is 19.5. The lowest BCUT2D eigenvalue weighted by atomic mass is 9.87. The summed E-state index contributed by atoms with van der Waals surface area (Å²) in [6.45, 7) is 9.63. The number of nitrogens with zero attached hydrogens (tertiary/aromatic N) is 4. The van der Waals surface area contributed by atoms with Crippen LogP contribution in [0.25, 0.3) is 120 Å². The summed E-state index contributed by atoms with van der Waals surface area (Å²) >= 11 is 0. The van der Waals surface area contributed by atoms with Gasteiger partial charge in [0.2, 0.25) is 0 Å². The molecule has 13 aromatic rings. The van der Waals surface area contributed by atoms with Gasteiger partial charge in [0.25, 0.3) is 0 Å². The van der Waals surface area contributed by atoms with E-state index >= 15 is 0 Å². The second kappa shape index (κ2) is 9.45. The van der Waals surface area contributed by atoms with Gasteiger partial charge in [-0.25, -0.2) is 0 Å². The molecule has 0 fully saturated rings. The number of aryl methyl sites for hydroxylation is 2. The molecule has 0 saturated carbocycles. The Labute approximate surface area is 310 Å². The maximum Gasteiger partial charge on any atom is 0.0620 e. The smallest absolute Gasteiger partial charge is 0.0620 e. The van der Waals surface area contributed by atoms with Crippen LogP contribution in [0.1, 0.15) is 50.7 Å². The van der Waals surface area contributed by atoms with Gasteiger partial charge in [0, 0.05) is 101 Å². The van der Waals surface area contributed by atoms with E-state index in [4.69, 9.17) is 0 Å². The third-order valence-corrected chi connectivity index (χ3v) is 13.3. The molecule has 54 heavy (non-hydrogen) atoms. The van der Waals surface area contributed by atoms with E-state index < -0.39 is 0 Å². The summed E-state index contributed by atoms with van der Waals surface area (Å²) in [5.41, 5.74) is 16.1. The fraction of sp³-hybridized carbons (Fsp3) is 0.160. The van der Waals surface area contributed by atoms with E-state index in [0.717, 1.165) is 0 Å². The zero-order chi connectivity index (χ0) is 36.0. The van der Waals surface area contributed by atoms with Gasteiger partial charge >= 0.3 is 0 Å². The second-order valence-electron chi connectivity index (χ2n) is 16.5. The summed E-state index contributed by atoms with van der Waals surface area (Å²) < 4.78 is 10.1. The fourth-order valence-electron chi connectivity index (χ4n) is 11.4. The van der Waals surface area contributed by atoms with E-state index in [1.807, 2.05) is 0 Å². The highest BCUT2D eigenvalue weighted by Gasteiger charge is 2.32. The average molecular weight is 695 g/mol. The first-order chi connectivity index (χ1) is 26.4. The van der Waals surface area contributed by atoms with E-state index in [1.54, 1.807) is 0 Å². The Morgan fingerprint density at radius 3 is 1.06 bits per heavy atom. The minimum Gasteiger partial charge on any atom is -0.344 e. The van der Waals surface area contributed by atoms with Gasteiger partial charge in [0.15, 0.2) is 0 Å². The summed E-state index contributed by atoms with van der Waals surface area (Å²) in [7, 11) is 4.42. The number of rotatable bonds is 2. The number of hydrogen-bond donors (Lipinski definition) is 0. The third kappa shape index (κ3) is 3.03. The quantitative estimate of drug-likeness (QED) is 0.172. The standard InChI is InChI=1S/C50H38N4/c1-25(2)39-45-31-17-11-15-29-44-38(24-22-36-42(44)28-14-8-10-20-34(28)52(36)6)54(47(29)31)50(45)40(26(3)4)46-32-18-12-16-30-43-37(53(48(30)32)49(39)46)23-21-35-41(43)27-13-7-9-19-33(27)51(35)5/h7-26H,1-6H3. The Morgan fingerprint density at radius 2 is 0.648 bits per heavy atom. The van der Waals surface area contributed by atoms with Gasteiger partial charge < -0.3 is 17.9 Å². The van der Waals surface area contributed by atoms with Crippen molar-refractivity contribution in [2.24, 2.45) is 14.1 Å². The molecule has 4 nitrogen and oxygen atoms in total. The summed E-state index contributed by atoms with van der Waals surface area (Å²) in [5, 5.41) is 16.4. The molecule has 0 aliphatic rings. The predicted octanol–water partition coefficient (Wildman–Crippen LogP) is 13.5. The van der Waals surface area contributed by atoms with Crippen molar-refractivity contribution in [1.29, 1.82) is 0 Å². The minimum atomic E-state index is 0.299. The number of benzene rings is 7. The maximum atomic E-state index is 2.67. The number of hydrogen-bond acceptors (Lipinski definition) is 0. The average Bonchev–Trinajstić information content (AvgIpc) is 4.01. The first-order valence-corrected chi connectivity index (χ1v) is 19.5. The SMILES string of the molecule is CC(C)c1c2c3cccc4c5c6c7ccccc7n(C)c6ccc5n(c2c(C(C)C)c2c5cccc6c7c8c9ccccc9n(C)c8ccc7n(c12)c56)c34. The molecule has 0 amide bonds. The van der Waals surface area contributed by atoms with Crippen molar-refractivity contribution in [2.75, 3.05) is 0 Å².